The third-order valence-electron chi connectivity index (χ3n) is 3.13. The second-order valence-electron chi connectivity index (χ2n) is 3.98. The Kier molecular flexibility index (Phi) is 2.63. The van der Waals surface area contributed by atoms with E-state index in [0.717, 1.165) is 25.7 Å². The summed E-state index contributed by atoms with van der Waals surface area (Å²) in [7, 11) is 0. The fraction of sp³-hybridized carbons (Fsp3) is 1.00. The van der Waals surface area contributed by atoms with Gasteiger partial charge >= 0.3 is 0 Å². The van der Waals surface area contributed by atoms with Crippen LogP contribution in [0, 0.1) is 5.92 Å². The standard InChI is InChI=1S/C9H18N2O/c12-7-8-1-2-9-5-10-3-4-11(9)6-8/h8-10,12H,1-7H2/t8-,9?/m1/s1. The quantitative estimate of drug-likeness (QED) is 0.565. The van der Waals surface area contributed by atoms with E-state index >= 15 is 0 Å². The van der Waals surface area contributed by atoms with Gasteiger partial charge in [0.25, 0.3) is 0 Å². The van der Waals surface area contributed by atoms with Gasteiger partial charge in [0.2, 0.25) is 0 Å². The molecule has 0 aliphatic carbocycles. The third-order valence-corrected chi connectivity index (χ3v) is 3.13. The second-order valence-corrected chi connectivity index (χ2v) is 3.98. The Balaban J connectivity index is 1.90. The summed E-state index contributed by atoms with van der Waals surface area (Å²) >= 11 is 0. The maximum absolute atomic E-state index is 9.04. The molecule has 0 aromatic heterocycles. The number of piperazine rings is 1. The van der Waals surface area contributed by atoms with Gasteiger partial charge in [0, 0.05) is 38.8 Å². The molecule has 3 heteroatoms. The normalized spacial score (nSPS) is 37.8. The van der Waals surface area contributed by atoms with Crippen LogP contribution < -0.4 is 5.32 Å². The van der Waals surface area contributed by atoms with Crippen LogP contribution in [-0.2, 0) is 0 Å². The van der Waals surface area contributed by atoms with Crippen molar-refractivity contribution >= 4 is 0 Å². The van der Waals surface area contributed by atoms with Crippen molar-refractivity contribution in [1.82, 2.24) is 10.2 Å². The molecule has 2 N–H and O–H groups in total. The van der Waals surface area contributed by atoms with Crippen molar-refractivity contribution in [3.8, 4) is 0 Å². The fourth-order valence-corrected chi connectivity index (χ4v) is 2.33. The zero-order chi connectivity index (χ0) is 8.39. The molecule has 2 fully saturated rings. The number of aliphatic hydroxyl groups excluding tert-OH is 1. The first kappa shape index (κ1) is 8.48. The van der Waals surface area contributed by atoms with Crippen molar-refractivity contribution in [1.29, 1.82) is 0 Å². The van der Waals surface area contributed by atoms with E-state index in [0.29, 0.717) is 12.5 Å². The van der Waals surface area contributed by atoms with Crippen LogP contribution in [0.15, 0.2) is 0 Å². The van der Waals surface area contributed by atoms with Crippen LogP contribution in [0.3, 0.4) is 0 Å². The highest BCUT2D eigenvalue weighted by Gasteiger charge is 2.29. The largest absolute Gasteiger partial charge is 0.396 e. The summed E-state index contributed by atoms with van der Waals surface area (Å²) in [6.07, 6.45) is 2.47. The van der Waals surface area contributed by atoms with Crippen LogP contribution in [0.25, 0.3) is 0 Å². The zero-order valence-electron chi connectivity index (χ0n) is 7.50. The van der Waals surface area contributed by atoms with Crippen molar-refractivity contribution in [2.24, 2.45) is 5.92 Å². The Labute approximate surface area is 73.8 Å². The van der Waals surface area contributed by atoms with Crippen molar-refractivity contribution < 1.29 is 5.11 Å². The molecule has 1 unspecified atom stereocenters. The Bertz CT molecular complexity index is 151. The Morgan fingerprint density at radius 1 is 1.42 bits per heavy atom. The van der Waals surface area contributed by atoms with Crippen LogP contribution in [0.2, 0.25) is 0 Å². The molecule has 70 valence electrons. The molecular weight excluding hydrogens is 152 g/mol. The molecule has 0 bridgehead atoms. The third kappa shape index (κ3) is 1.63. The predicted molar refractivity (Wildman–Crippen MR) is 48.0 cm³/mol. The van der Waals surface area contributed by atoms with E-state index in [4.69, 9.17) is 5.11 Å². The number of rotatable bonds is 1. The lowest BCUT2D eigenvalue weighted by atomic mass is 9.92. The first-order valence-electron chi connectivity index (χ1n) is 4.96. The summed E-state index contributed by atoms with van der Waals surface area (Å²) in [5.74, 6) is 0.541. The van der Waals surface area contributed by atoms with Gasteiger partial charge in [-0.05, 0) is 18.8 Å². The molecule has 0 aromatic carbocycles. The van der Waals surface area contributed by atoms with E-state index in [2.05, 4.69) is 10.2 Å². The number of hydrogen-bond acceptors (Lipinski definition) is 3. The van der Waals surface area contributed by atoms with Crippen molar-refractivity contribution in [3.63, 3.8) is 0 Å². The summed E-state index contributed by atoms with van der Waals surface area (Å²) in [6.45, 7) is 4.92. The van der Waals surface area contributed by atoms with Crippen LogP contribution in [0.1, 0.15) is 12.8 Å². The van der Waals surface area contributed by atoms with Gasteiger partial charge in [-0.3, -0.25) is 4.90 Å². The van der Waals surface area contributed by atoms with Crippen molar-refractivity contribution in [2.45, 2.75) is 18.9 Å². The topological polar surface area (TPSA) is 35.5 Å². The number of hydrogen-bond donors (Lipinski definition) is 2. The molecule has 2 aliphatic rings. The van der Waals surface area contributed by atoms with E-state index in [1.807, 2.05) is 0 Å². The van der Waals surface area contributed by atoms with E-state index in [9.17, 15) is 0 Å². The Morgan fingerprint density at radius 2 is 2.33 bits per heavy atom. The maximum Gasteiger partial charge on any atom is 0.0471 e. The van der Waals surface area contributed by atoms with Gasteiger partial charge in [0.05, 0.1) is 0 Å². The minimum atomic E-state index is 0.372. The summed E-state index contributed by atoms with van der Waals surface area (Å²) in [4.78, 5) is 2.53. The lowest BCUT2D eigenvalue weighted by molar-refractivity contribution is 0.0599. The van der Waals surface area contributed by atoms with Gasteiger partial charge in [-0.25, -0.2) is 0 Å². The average Bonchev–Trinajstić information content (AvgIpc) is 2.17. The molecule has 0 saturated carbocycles. The molecule has 2 rings (SSSR count). The number of fused-ring (bicyclic) bond motifs is 1. The number of aliphatic hydroxyl groups is 1. The highest BCUT2D eigenvalue weighted by atomic mass is 16.3. The number of nitrogens with zero attached hydrogens (tertiary/aromatic N) is 1. The summed E-state index contributed by atoms with van der Waals surface area (Å²) in [5.41, 5.74) is 0. The smallest absolute Gasteiger partial charge is 0.0471 e. The Morgan fingerprint density at radius 3 is 3.17 bits per heavy atom. The SMILES string of the molecule is OC[C@@H]1CCC2CNCCN2C1. The van der Waals surface area contributed by atoms with Crippen molar-refractivity contribution in [2.75, 3.05) is 32.8 Å². The molecule has 2 saturated heterocycles. The fourth-order valence-electron chi connectivity index (χ4n) is 2.33. The van der Waals surface area contributed by atoms with E-state index in [1.54, 1.807) is 0 Å². The molecule has 2 heterocycles. The predicted octanol–water partition coefficient (Wildman–Crippen LogP) is -0.337. The monoisotopic (exact) mass is 170 g/mol. The summed E-state index contributed by atoms with van der Waals surface area (Å²) in [5, 5.41) is 12.5. The van der Waals surface area contributed by atoms with E-state index in [-0.39, 0.29) is 0 Å². The molecule has 0 spiro atoms. The zero-order valence-corrected chi connectivity index (χ0v) is 7.50. The summed E-state index contributed by atoms with van der Waals surface area (Å²) in [6, 6.07) is 0.751. The number of piperidine rings is 1. The minimum absolute atomic E-state index is 0.372. The van der Waals surface area contributed by atoms with Crippen LogP contribution in [0.4, 0.5) is 0 Å². The van der Waals surface area contributed by atoms with Gasteiger partial charge in [-0.2, -0.15) is 0 Å². The van der Waals surface area contributed by atoms with Gasteiger partial charge in [0.1, 0.15) is 0 Å². The van der Waals surface area contributed by atoms with Gasteiger partial charge < -0.3 is 10.4 Å². The molecule has 3 nitrogen and oxygen atoms in total. The highest BCUT2D eigenvalue weighted by molar-refractivity contribution is 4.86. The molecule has 2 aliphatic heterocycles. The average molecular weight is 170 g/mol. The first-order chi connectivity index (χ1) is 5.90. The van der Waals surface area contributed by atoms with Crippen LogP contribution >= 0.6 is 0 Å². The minimum Gasteiger partial charge on any atom is -0.396 e. The molecule has 0 radical (unpaired) electrons. The summed E-state index contributed by atoms with van der Waals surface area (Å²) < 4.78 is 0. The molecule has 2 atom stereocenters. The lowest BCUT2D eigenvalue weighted by Gasteiger charge is -2.42. The van der Waals surface area contributed by atoms with E-state index in [1.165, 1.54) is 19.4 Å². The van der Waals surface area contributed by atoms with E-state index < -0.39 is 0 Å². The second kappa shape index (κ2) is 3.73. The number of nitrogens with one attached hydrogen (secondary N) is 1. The first-order valence-corrected chi connectivity index (χ1v) is 4.96. The van der Waals surface area contributed by atoms with Gasteiger partial charge in [-0.15, -0.1) is 0 Å². The molecule has 0 amide bonds. The lowest BCUT2D eigenvalue weighted by Crippen LogP contribution is -2.55. The molecule has 0 aromatic rings. The van der Waals surface area contributed by atoms with Crippen molar-refractivity contribution in [3.05, 3.63) is 0 Å². The maximum atomic E-state index is 9.04. The van der Waals surface area contributed by atoms with Crippen LogP contribution in [0.5, 0.6) is 0 Å². The molecular formula is C9H18N2O. The highest BCUT2D eigenvalue weighted by Crippen LogP contribution is 2.22. The molecule has 12 heavy (non-hydrogen) atoms. The van der Waals surface area contributed by atoms with Gasteiger partial charge in [0.15, 0.2) is 0 Å². The Hall–Kier alpha value is -0.120. The van der Waals surface area contributed by atoms with Gasteiger partial charge in [-0.1, -0.05) is 0 Å². The van der Waals surface area contributed by atoms with Crippen LogP contribution in [-0.4, -0.2) is 48.8 Å².